The zero-order valence-corrected chi connectivity index (χ0v) is 10.5. The molecule has 4 heteroatoms. The summed E-state index contributed by atoms with van der Waals surface area (Å²) in [6.07, 6.45) is 0. The van der Waals surface area contributed by atoms with E-state index in [9.17, 15) is 9.50 Å². The van der Waals surface area contributed by atoms with E-state index in [-0.39, 0.29) is 17.6 Å². The molecule has 1 aliphatic rings. The number of phenolic OH excluding ortho intramolecular Hbond substituents is 1. The summed E-state index contributed by atoms with van der Waals surface area (Å²) in [6, 6.07) is 9.85. The standard InChI is InChI=1S/C15H14FNO2/c1-9-3-2-4-12(16)15(9)17-13-8-19-14-7-10(18)5-6-11(13)14/h2-7,13,17-18H,8H2,1H3. The first-order valence-corrected chi connectivity index (χ1v) is 6.12. The lowest BCUT2D eigenvalue weighted by Crippen LogP contribution is -2.13. The van der Waals surface area contributed by atoms with E-state index in [4.69, 9.17) is 4.74 Å². The Bertz CT molecular complexity index is 607. The van der Waals surface area contributed by atoms with Crippen molar-refractivity contribution in [3.05, 3.63) is 53.3 Å². The molecule has 0 amide bonds. The van der Waals surface area contributed by atoms with Crippen molar-refractivity contribution in [1.29, 1.82) is 0 Å². The molecule has 98 valence electrons. The molecule has 0 aliphatic carbocycles. The number of benzene rings is 2. The molecule has 0 bridgehead atoms. The van der Waals surface area contributed by atoms with Crippen LogP contribution < -0.4 is 10.1 Å². The van der Waals surface area contributed by atoms with Gasteiger partial charge in [-0.05, 0) is 30.7 Å². The topological polar surface area (TPSA) is 41.5 Å². The Morgan fingerprint density at radius 3 is 2.95 bits per heavy atom. The van der Waals surface area contributed by atoms with Crippen LogP contribution in [0.3, 0.4) is 0 Å². The molecule has 0 aromatic heterocycles. The van der Waals surface area contributed by atoms with Crippen LogP contribution >= 0.6 is 0 Å². The summed E-state index contributed by atoms with van der Waals surface area (Å²) >= 11 is 0. The Labute approximate surface area is 110 Å². The summed E-state index contributed by atoms with van der Waals surface area (Å²) in [4.78, 5) is 0. The number of halogens is 1. The van der Waals surface area contributed by atoms with Gasteiger partial charge in [0.15, 0.2) is 0 Å². The Balaban J connectivity index is 1.91. The van der Waals surface area contributed by atoms with Gasteiger partial charge in [-0.3, -0.25) is 0 Å². The number of phenols is 1. The summed E-state index contributed by atoms with van der Waals surface area (Å²) in [7, 11) is 0. The molecule has 1 atom stereocenters. The fourth-order valence-electron chi connectivity index (χ4n) is 2.31. The maximum atomic E-state index is 13.8. The highest BCUT2D eigenvalue weighted by Crippen LogP contribution is 2.37. The molecule has 1 unspecified atom stereocenters. The Hall–Kier alpha value is -2.23. The zero-order chi connectivity index (χ0) is 13.4. The van der Waals surface area contributed by atoms with Crippen molar-refractivity contribution in [2.24, 2.45) is 0 Å². The van der Waals surface area contributed by atoms with Gasteiger partial charge < -0.3 is 15.2 Å². The van der Waals surface area contributed by atoms with Gasteiger partial charge in [-0.25, -0.2) is 4.39 Å². The first-order chi connectivity index (χ1) is 9.15. The van der Waals surface area contributed by atoms with Crippen LogP contribution in [0, 0.1) is 12.7 Å². The van der Waals surface area contributed by atoms with Gasteiger partial charge in [-0.15, -0.1) is 0 Å². The van der Waals surface area contributed by atoms with Crippen molar-refractivity contribution in [2.75, 3.05) is 11.9 Å². The van der Waals surface area contributed by atoms with Crippen molar-refractivity contribution in [3.63, 3.8) is 0 Å². The van der Waals surface area contributed by atoms with Crippen LogP contribution in [-0.4, -0.2) is 11.7 Å². The monoisotopic (exact) mass is 259 g/mol. The fourth-order valence-corrected chi connectivity index (χ4v) is 2.31. The summed E-state index contributed by atoms with van der Waals surface area (Å²) in [6.45, 7) is 2.28. The average Bonchev–Trinajstić information content (AvgIpc) is 2.76. The average molecular weight is 259 g/mol. The third-order valence-corrected chi connectivity index (χ3v) is 3.32. The highest BCUT2D eigenvalue weighted by molar-refractivity contribution is 5.56. The zero-order valence-electron chi connectivity index (χ0n) is 10.5. The van der Waals surface area contributed by atoms with E-state index in [0.29, 0.717) is 18.0 Å². The van der Waals surface area contributed by atoms with Crippen LogP contribution in [0.1, 0.15) is 17.2 Å². The minimum atomic E-state index is -0.271. The van der Waals surface area contributed by atoms with Gasteiger partial charge in [-0.1, -0.05) is 12.1 Å². The van der Waals surface area contributed by atoms with Gasteiger partial charge in [0.25, 0.3) is 0 Å². The normalized spacial score (nSPS) is 16.8. The highest BCUT2D eigenvalue weighted by atomic mass is 19.1. The molecular weight excluding hydrogens is 245 g/mol. The van der Waals surface area contributed by atoms with Gasteiger partial charge in [0.05, 0.1) is 11.7 Å². The second kappa shape index (κ2) is 4.46. The highest BCUT2D eigenvalue weighted by Gasteiger charge is 2.25. The number of para-hydroxylation sites is 1. The summed E-state index contributed by atoms with van der Waals surface area (Å²) in [5.74, 6) is 0.542. The molecule has 0 radical (unpaired) electrons. The Morgan fingerprint density at radius 2 is 2.16 bits per heavy atom. The number of anilines is 1. The van der Waals surface area contributed by atoms with E-state index in [2.05, 4.69) is 5.32 Å². The van der Waals surface area contributed by atoms with E-state index in [0.717, 1.165) is 11.1 Å². The first kappa shape index (κ1) is 11.8. The van der Waals surface area contributed by atoms with Crippen molar-refractivity contribution >= 4 is 5.69 Å². The molecule has 0 saturated carbocycles. The number of hydrogen-bond donors (Lipinski definition) is 2. The van der Waals surface area contributed by atoms with Gasteiger partial charge in [0, 0.05) is 11.6 Å². The molecule has 2 aromatic rings. The van der Waals surface area contributed by atoms with Crippen LogP contribution in [0.5, 0.6) is 11.5 Å². The largest absolute Gasteiger partial charge is 0.508 e. The smallest absolute Gasteiger partial charge is 0.146 e. The van der Waals surface area contributed by atoms with Gasteiger partial charge in [0.2, 0.25) is 0 Å². The molecule has 19 heavy (non-hydrogen) atoms. The molecule has 2 aromatic carbocycles. The van der Waals surface area contributed by atoms with Crippen molar-refractivity contribution in [3.8, 4) is 11.5 Å². The SMILES string of the molecule is Cc1cccc(F)c1NC1COc2cc(O)ccc21. The van der Waals surface area contributed by atoms with Crippen LogP contribution in [0.4, 0.5) is 10.1 Å². The van der Waals surface area contributed by atoms with Crippen LogP contribution in [0.15, 0.2) is 36.4 Å². The lowest BCUT2D eigenvalue weighted by atomic mass is 10.1. The maximum Gasteiger partial charge on any atom is 0.146 e. The molecule has 0 spiro atoms. The number of fused-ring (bicyclic) bond motifs is 1. The molecular formula is C15H14FNO2. The third-order valence-electron chi connectivity index (χ3n) is 3.32. The number of hydrogen-bond acceptors (Lipinski definition) is 3. The van der Waals surface area contributed by atoms with E-state index in [1.165, 1.54) is 6.07 Å². The van der Waals surface area contributed by atoms with Gasteiger partial charge in [0.1, 0.15) is 23.9 Å². The summed E-state index contributed by atoms with van der Waals surface area (Å²) in [5.41, 5.74) is 2.28. The minimum Gasteiger partial charge on any atom is -0.508 e. The van der Waals surface area contributed by atoms with Gasteiger partial charge in [-0.2, -0.15) is 0 Å². The summed E-state index contributed by atoms with van der Waals surface area (Å²) in [5, 5.41) is 12.6. The lowest BCUT2D eigenvalue weighted by molar-refractivity contribution is 0.338. The molecule has 0 saturated heterocycles. The third kappa shape index (κ3) is 2.10. The number of rotatable bonds is 2. The molecule has 0 fully saturated rings. The van der Waals surface area contributed by atoms with E-state index < -0.39 is 0 Å². The van der Waals surface area contributed by atoms with Crippen molar-refractivity contribution in [2.45, 2.75) is 13.0 Å². The van der Waals surface area contributed by atoms with Gasteiger partial charge >= 0.3 is 0 Å². The maximum absolute atomic E-state index is 13.8. The van der Waals surface area contributed by atoms with E-state index in [1.54, 1.807) is 24.3 Å². The second-order valence-corrected chi connectivity index (χ2v) is 4.66. The van der Waals surface area contributed by atoms with Crippen LogP contribution in [-0.2, 0) is 0 Å². The summed E-state index contributed by atoms with van der Waals surface area (Å²) < 4.78 is 19.3. The molecule has 1 aliphatic heterocycles. The molecule has 2 N–H and O–H groups in total. The second-order valence-electron chi connectivity index (χ2n) is 4.66. The first-order valence-electron chi connectivity index (χ1n) is 6.12. The number of ether oxygens (including phenoxy) is 1. The lowest BCUT2D eigenvalue weighted by Gasteiger charge is -2.16. The van der Waals surface area contributed by atoms with Crippen LogP contribution in [0.25, 0.3) is 0 Å². The van der Waals surface area contributed by atoms with E-state index in [1.807, 2.05) is 13.0 Å². The van der Waals surface area contributed by atoms with E-state index >= 15 is 0 Å². The van der Waals surface area contributed by atoms with Crippen LogP contribution in [0.2, 0.25) is 0 Å². The molecule has 3 nitrogen and oxygen atoms in total. The predicted octanol–water partition coefficient (Wildman–Crippen LogP) is 3.39. The molecule has 3 rings (SSSR count). The number of aryl methyl sites for hydroxylation is 1. The number of aromatic hydroxyl groups is 1. The quantitative estimate of drug-likeness (QED) is 0.868. The minimum absolute atomic E-state index is 0.105. The Kier molecular flexibility index (Phi) is 2.78. The van der Waals surface area contributed by atoms with Crippen molar-refractivity contribution < 1.29 is 14.2 Å². The fraction of sp³-hybridized carbons (Fsp3) is 0.200. The predicted molar refractivity (Wildman–Crippen MR) is 71.1 cm³/mol. The molecule has 1 heterocycles. The number of nitrogens with one attached hydrogen (secondary N) is 1. The van der Waals surface area contributed by atoms with Crippen molar-refractivity contribution in [1.82, 2.24) is 0 Å². The Morgan fingerprint density at radius 1 is 1.32 bits per heavy atom.